The summed E-state index contributed by atoms with van der Waals surface area (Å²) in [6.07, 6.45) is -0.407. The van der Waals surface area contributed by atoms with Crippen LogP contribution in [0.4, 0.5) is 10.1 Å². The molecule has 2 aromatic rings. The first kappa shape index (κ1) is 13.9. The lowest BCUT2D eigenvalue weighted by atomic mass is 10.1. The monoisotopic (exact) mass is 275 g/mol. The summed E-state index contributed by atoms with van der Waals surface area (Å²) in [5.41, 5.74) is 6.01. The number of nitrogen functional groups attached to an aromatic ring is 1. The third kappa shape index (κ3) is 2.88. The van der Waals surface area contributed by atoms with Crippen LogP contribution >= 0.6 is 0 Å². The van der Waals surface area contributed by atoms with Crippen molar-refractivity contribution in [1.29, 1.82) is 0 Å². The van der Waals surface area contributed by atoms with Gasteiger partial charge in [-0.1, -0.05) is 30.3 Å². The van der Waals surface area contributed by atoms with E-state index in [9.17, 15) is 9.18 Å². The number of halogens is 1. The van der Waals surface area contributed by atoms with E-state index in [4.69, 9.17) is 15.6 Å². The van der Waals surface area contributed by atoms with Gasteiger partial charge in [-0.2, -0.15) is 0 Å². The maximum absolute atomic E-state index is 13.8. The number of nitrogens with two attached hydrogens (primary N) is 1. The SMILES string of the molecule is CC(Oc1cc(C(=O)O)c(N)cc1F)c1ccccc1. The number of aromatic carboxylic acids is 1. The molecule has 0 aliphatic rings. The molecule has 0 heterocycles. The molecule has 3 N–H and O–H groups in total. The molecule has 0 bridgehead atoms. The van der Waals surface area contributed by atoms with Gasteiger partial charge in [0, 0.05) is 11.8 Å². The van der Waals surface area contributed by atoms with Crippen molar-refractivity contribution in [3.63, 3.8) is 0 Å². The number of carboxylic acids is 1. The quantitative estimate of drug-likeness (QED) is 0.840. The fourth-order valence-corrected chi connectivity index (χ4v) is 1.83. The Balaban J connectivity index is 2.29. The van der Waals surface area contributed by atoms with E-state index in [1.807, 2.05) is 30.3 Å². The van der Waals surface area contributed by atoms with Gasteiger partial charge in [0.15, 0.2) is 11.6 Å². The van der Waals surface area contributed by atoms with E-state index in [-0.39, 0.29) is 17.0 Å². The minimum atomic E-state index is -1.22. The summed E-state index contributed by atoms with van der Waals surface area (Å²) in [7, 11) is 0. The van der Waals surface area contributed by atoms with Gasteiger partial charge in [0.05, 0.1) is 5.56 Å². The summed E-state index contributed by atoms with van der Waals surface area (Å²) in [6.45, 7) is 1.76. The van der Waals surface area contributed by atoms with Crippen molar-refractivity contribution in [2.75, 3.05) is 5.73 Å². The van der Waals surface area contributed by atoms with Gasteiger partial charge in [-0.15, -0.1) is 0 Å². The van der Waals surface area contributed by atoms with Crippen LogP contribution < -0.4 is 10.5 Å². The Kier molecular flexibility index (Phi) is 3.89. The Bertz CT molecular complexity index is 629. The smallest absolute Gasteiger partial charge is 0.337 e. The van der Waals surface area contributed by atoms with Gasteiger partial charge >= 0.3 is 5.97 Å². The van der Waals surface area contributed by atoms with Crippen molar-refractivity contribution in [2.45, 2.75) is 13.0 Å². The first-order valence-corrected chi connectivity index (χ1v) is 6.03. The van der Waals surface area contributed by atoms with Crippen LogP contribution in [0.2, 0.25) is 0 Å². The molecule has 0 aromatic heterocycles. The Morgan fingerprint density at radius 2 is 1.95 bits per heavy atom. The van der Waals surface area contributed by atoms with Crippen LogP contribution in [-0.4, -0.2) is 11.1 Å². The molecule has 0 saturated heterocycles. The molecule has 104 valence electrons. The highest BCUT2D eigenvalue weighted by molar-refractivity contribution is 5.94. The molecule has 0 amide bonds. The number of carbonyl (C=O) groups is 1. The Labute approximate surface area is 115 Å². The molecule has 2 aromatic carbocycles. The first-order chi connectivity index (χ1) is 9.49. The van der Waals surface area contributed by atoms with Gasteiger partial charge in [0.1, 0.15) is 6.10 Å². The van der Waals surface area contributed by atoms with Gasteiger partial charge < -0.3 is 15.6 Å². The van der Waals surface area contributed by atoms with Crippen molar-refractivity contribution in [3.05, 3.63) is 59.4 Å². The van der Waals surface area contributed by atoms with E-state index in [2.05, 4.69) is 0 Å². The van der Waals surface area contributed by atoms with E-state index in [1.165, 1.54) is 0 Å². The van der Waals surface area contributed by atoms with E-state index in [1.54, 1.807) is 6.92 Å². The third-order valence-corrected chi connectivity index (χ3v) is 2.91. The molecule has 0 saturated carbocycles. The summed E-state index contributed by atoms with van der Waals surface area (Å²) >= 11 is 0. The number of benzene rings is 2. The Hall–Kier alpha value is -2.56. The first-order valence-electron chi connectivity index (χ1n) is 6.03. The predicted molar refractivity (Wildman–Crippen MR) is 73.3 cm³/mol. The molecular formula is C15H14FNO3. The molecule has 0 aliphatic carbocycles. The molecule has 0 radical (unpaired) electrons. The molecule has 0 fully saturated rings. The van der Waals surface area contributed by atoms with Crippen LogP contribution in [0.5, 0.6) is 5.75 Å². The van der Waals surface area contributed by atoms with Crippen molar-refractivity contribution < 1.29 is 19.0 Å². The number of rotatable bonds is 4. The number of ether oxygens (including phenoxy) is 1. The van der Waals surface area contributed by atoms with Crippen LogP contribution in [0.15, 0.2) is 42.5 Å². The molecule has 1 unspecified atom stereocenters. The zero-order valence-electron chi connectivity index (χ0n) is 10.8. The van der Waals surface area contributed by atoms with Crippen molar-refractivity contribution in [3.8, 4) is 5.75 Å². The highest BCUT2D eigenvalue weighted by atomic mass is 19.1. The number of hydrogen-bond acceptors (Lipinski definition) is 3. The van der Waals surface area contributed by atoms with Crippen molar-refractivity contribution >= 4 is 11.7 Å². The summed E-state index contributed by atoms with van der Waals surface area (Å²) in [5, 5.41) is 8.97. The molecule has 0 spiro atoms. The van der Waals surface area contributed by atoms with Crippen LogP contribution in [0, 0.1) is 5.82 Å². The predicted octanol–water partition coefficient (Wildman–Crippen LogP) is 3.25. The maximum atomic E-state index is 13.8. The fraction of sp³-hybridized carbons (Fsp3) is 0.133. The lowest BCUT2D eigenvalue weighted by Gasteiger charge is -2.16. The minimum Gasteiger partial charge on any atom is -0.483 e. The Morgan fingerprint density at radius 1 is 1.30 bits per heavy atom. The van der Waals surface area contributed by atoms with Crippen LogP contribution in [-0.2, 0) is 0 Å². The number of anilines is 1. The molecule has 4 nitrogen and oxygen atoms in total. The number of hydrogen-bond donors (Lipinski definition) is 2. The van der Waals surface area contributed by atoms with Crippen LogP contribution in [0.25, 0.3) is 0 Å². The second kappa shape index (κ2) is 5.61. The van der Waals surface area contributed by atoms with E-state index in [0.717, 1.165) is 17.7 Å². The summed E-state index contributed by atoms with van der Waals surface area (Å²) in [6, 6.07) is 11.3. The minimum absolute atomic E-state index is 0.130. The summed E-state index contributed by atoms with van der Waals surface area (Å²) in [4.78, 5) is 11.0. The van der Waals surface area contributed by atoms with E-state index in [0.29, 0.717) is 0 Å². The molecule has 5 heteroatoms. The second-order valence-corrected chi connectivity index (χ2v) is 4.35. The third-order valence-electron chi connectivity index (χ3n) is 2.91. The molecular weight excluding hydrogens is 261 g/mol. The van der Waals surface area contributed by atoms with Crippen molar-refractivity contribution in [2.24, 2.45) is 0 Å². The molecule has 20 heavy (non-hydrogen) atoms. The van der Waals surface area contributed by atoms with Crippen LogP contribution in [0.1, 0.15) is 28.9 Å². The van der Waals surface area contributed by atoms with E-state index < -0.39 is 17.9 Å². The normalized spacial score (nSPS) is 11.9. The standard InChI is InChI=1S/C15H14FNO3/c1-9(10-5-3-2-4-6-10)20-14-7-11(15(18)19)13(17)8-12(14)16/h2-9H,17H2,1H3,(H,18,19). The zero-order chi connectivity index (χ0) is 14.7. The molecule has 0 aliphatic heterocycles. The Morgan fingerprint density at radius 3 is 2.55 bits per heavy atom. The maximum Gasteiger partial charge on any atom is 0.337 e. The van der Waals surface area contributed by atoms with Gasteiger partial charge in [-0.25, -0.2) is 9.18 Å². The average molecular weight is 275 g/mol. The van der Waals surface area contributed by atoms with Gasteiger partial charge in [0.25, 0.3) is 0 Å². The zero-order valence-corrected chi connectivity index (χ0v) is 10.8. The van der Waals surface area contributed by atoms with E-state index >= 15 is 0 Å². The lowest BCUT2D eigenvalue weighted by molar-refractivity contribution is 0.0697. The summed E-state index contributed by atoms with van der Waals surface area (Å²) < 4.78 is 19.3. The molecule has 2 rings (SSSR count). The van der Waals surface area contributed by atoms with Gasteiger partial charge in [-0.05, 0) is 18.6 Å². The number of carboxylic acid groups (broad SMARTS) is 1. The fourth-order valence-electron chi connectivity index (χ4n) is 1.83. The highest BCUT2D eigenvalue weighted by Crippen LogP contribution is 2.28. The molecule has 1 atom stereocenters. The van der Waals surface area contributed by atoms with Crippen molar-refractivity contribution in [1.82, 2.24) is 0 Å². The van der Waals surface area contributed by atoms with Gasteiger partial charge in [0.2, 0.25) is 0 Å². The van der Waals surface area contributed by atoms with Crippen LogP contribution in [0.3, 0.4) is 0 Å². The van der Waals surface area contributed by atoms with Gasteiger partial charge in [-0.3, -0.25) is 0 Å². The summed E-state index contributed by atoms with van der Waals surface area (Å²) in [5.74, 6) is -2.04. The highest BCUT2D eigenvalue weighted by Gasteiger charge is 2.16. The lowest BCUT2D eigenvalue weighted by Crippen LogP contribution is -2.08. The topological polar surface area (TPSA) is 72.5 Å². The largest absolute Gasteiger partial charge is 0.483 e. The average Bonchev–Trinajstić information content (AvgIpc) is 2.42. The second-order valence-electron chi connectivity index (χ2n) is 4.35.